The van der Waals surface area contributed by atoms with Crippen molar-refractivity contribution in [1.29, 1.82) is 0 Å². The number of hydrogen-bond donors (Lipinski definition) is 2. The number of benzene rings is 1. The molecule has 1 unspecified atom stereocenters. The van der Waals surface area contributed by atoms with Gasteiger partial charge in [0.2, 0.25) is 0 Å². The van der Waals surface area contributed by atoms with Crippen LogP contribution in [-0.4, -0.2) is 30.9 Å². The Kier molecular flexibility index (Phi) is 4.49. The quantitative estimate of drug-likeness (QED) is 0.574. The molecule has 0 saturated heterocycles. The number of carbonyl (C=O) groups is 1. The van der Waals surface area contributed by atoms with Crippen molar-refractivity contribution >= 4 is 5.91 Å². The van der Waals surface area contributed by atoms with Crippen LogP contribution in [0.5, 0.6) is 0 Å². The highest BCUT2D eigenvalue weighted by molar-refractivity contribution is 5.93. The van der Waals surface area contributed by atoms with Crippen molar-refractivity contribution in [3.63, 3.8) is 0 Å². The predicted octanol–water partition coefficient (Wildman–Crippen LogP) is 3.15. The SMILES string of the molecule is CC(NC(=O)c1cc(-c2ccncc2)n[nH]1)c1ccccc1-n1cccn1. The van der Waals surface area contributed by atoms with Gasteiger partial charge in [0.1, 0.15) is 5.69 Å². The zero-order valence-electron chi connectivity index (χ0n) is 14.7. The van der Waals surface area contributed by atoms with Crippen LogP contribution in [0.3, 0.4) is 0 Å². The molecule has 3 heterocycles. The van der Waals surface area contributed by atoms with Gasteiger partial charge in [0.25, 0.3) is 5.91 Å². The lowest BCUT2D eigenvalue weighted by atomic mass is 10.1. The lowest BCUT2D eigenvalue weighted by Gasteiger charge is -2.17. The lowest BCUT2D eigenvalue weighted by molar-refractivity contribution is 0.0935. The third kappa shape index (κ3) is 3.48. The summed E-state index contributed by atoms with van der Waals surface area (Å²) in [4.78, 5) is 16.6. The van der Waals surface area contributed by atoms with Crippen LogP contribution in [0.15, 0.2) is 73.3 Å². The Bertz CT molecular complexity index is 1040. The van der Waals surface area contributed by atoms with E-state index >= 15 is 0 Å². The van der Waals surface area contributed by atoms with E-state index in [2.05, 4.69) is 25.6 Å². The third-order valence-electron chi connectivity index (χ3n) is 4.30. The largest absolute Gasteiger partial charge is 0.344 e. The minimum atomic E-state index is -0.217. The number of H-pyrrole nitrogens is 1. The highest BCUT2D eigenvalue weighted by atomic mass is 16.2. The first-order valence-electron chi connectivity index (χ1n) is 8.58. The van der Waals surface area contributed by atoms with Crippen molar-refractivity contribution in [3.05, 3.63) is 84.6 Å². The highest BCUT2D eigenvalue weighted by Crippen LogP contribution is 2.22. The van der Waals surface area contributed by atoms with E-state index in [-0.39, 0.29) is 11.9 Å². The van der Waals surface area contributed by atoms with Gasteiger partial charge in [0.05, 0.1) is 17.4 Å². The smallest absolute Gasteiger partial charge is 0.269 e. The highest BCUT2D eigenvalue weighted by Gasteiger charge is 2.17. The normalized spacial score (nSPS) is 11.9. The molecule has 1 atom stereocenters. The molecule has 0 radical (unpaired) electrons. The van der Waals surface area contributed by atoms with Gasteiger partial charge < -0.3 is 5.32 Å². The van der Waals surface area contributed by atoms with E-state index in [9.17, 15) is 4.79 Å². The van der Waals surface area contributed by atoms with Crippen molar-refractivity contribution < 1.29 is 4.79 Å². The van der Waals surface area contributed by atoms with Crippen LogP contribution in [-0.2, 0) is 0 Å². The number of aromatic nitrogens is 5. The van der Waals surface area contributed by atoms with Gasteiger partial charge >= 0.3 is 0 Å². The second kappa shape index (κ2) is 7.25. The maximum Gasteiger partial charge on any atom is 0.269 e. The van der Waals surface area contributed by atoms with Gasteiger partial charge in [-0.1, -0.05) is 18.2 Å². The predicted molar refractivity (Wildman–Crippen MR) is 101 cm³/mol. The number of hydrogen-bond acceptors (Lipinski definition) is 4. The van der Waals surface area contributed by atoms with E-state index in [0.29, 0.717) is 11.4 Å². The van der Waals surface area contributed by atoms with Crippen molar-refractivity contribution in [2.75, 3.05) is 0 Å². The molecule has 27 heavy (non-hydrogen) atoms. The van der Waals surface area contributed by atoms with Crippen LogP contribution in [0.2, 0.25) is 0 Å². The van der Waals surface area contributed by atoms with Gasteiger partial charge in [0.15, 0.2) is 0 Å². The fraction of sp³-hybridized carbons (Fsp3) is 0.100. The van der Waals surface area contributed by atoms with Gasteiger partial charge in [0, 0.05) is 30.4 Å². The monoisotopic (exact) mass is 358 g/mol. The van der Waals surface area contributed by atoms with Gasteiger partial charge in [-0.15, -0.1) is 0 Å². The Morgan fingerprint density at radius 3 is 2.70 bits per heavy atom. The number of rotatable bonds is 5. The molecule has 0 saturated carbocycles. The standard InChI is InChI=1S/C20H18N6O/c1-14(16-5-2-3-6-19(16)26-12-4-9-22-26)23-20(27)18-13-17(24-25-18)15-7-10-21-11-8-15/h2-14H,1H3,(H,23,27)(H,24,25). The number of nitrogens with one attached hydrogen (secondary N) is 2. The summed E-state index contributed by atoms with van der Waals surface area (Å²) in [6, 6.07) is 14.9. The van der Waals surface area contributed by atoms with Crippen molar-refractivity contribution in [3.8, 4) is 16.9 Å². The molecule has 1 aromatic carbocycles. The number of amides is 1. The number of aromatic amines is 1. The van der Waals surface area contributed by atoms with Crippen molar-refractivity contribution in [2.45, 2.75) is 13.0 Å². The molecule has 134 valence electrons. The average Bonchev–Trinajstić information content (AvgIpc) is 3.41. The Morgan fingerprint density at radius 1 is 1.11 bits per heavy atom. The number of para-hydroxylation sites is 1. The van der Waals surface area contributed by atoms with Gasteiger partial charge in [-0.25, -0.2) is 4.68 Å². The first kappa shape index (κ1) is 16.7. The maximum absolute atomic E-state index is 12.7. The molecule has 3 aromatic heterocycles. The molecule has 7 heteroatoms. The first-order chi connectivity index (χ1) is 13.2. The molecule has 0 fully saturated rings. The van der Waals surface area contributed by atoms with E-state index in [1.807, 2.05) is 55.6 Å². The number of pyridine rings is 1. The second-order valence-corrected chi connectivity index (χ2v) is 6.11. The van der Waals surface area contributed by atoms with Gasteiger partial charge in [-0.2, -0.15) is 10.2 Å². The number of carbonyl (C=O) groups excluding carboxylic acids is 1. The summed E-state index contributed by atoms with van der Waals surface area (Å²) in [5, 5.41) is 14.3. The van der Waals surface area contributed by atoms with Crippen LogP contribution in [0.25, 0.3) is 16.9 Å². The molecule has 2 N–H and O–H groups in total. The molecule has 0 aliphatic carbocycles. The second-order valence-electron chi connectivity index (χ2n) is 6.11. The molecule has 7 nitrogen and oxygen atoms in total. The van der Waals surface area contributed by atoms with Crippen LogP contribution in [0, 0.1) is 0 Å². The molecule has 1 amide bonds. The van der Waals surface area contributed by atoms with Crippen LogP contribution >= 0.6 is 0 Å². The Hall–Kier alpha value is -3.74. The van der Waals surface area contributed by atoms with Crippen molar-refractivity contribution in [1.82, 2.24) is 30.3 Å². The van der Waals surface area contributed by atoms with E-state index < -0.39 is 0 Å². The summed E-state index contributed by atoms with van der Waals surface area (Å²) in [7, 11) is 0. The molecule has 0 aliphatic heterocycles. The summed E-state index contributed by atoms with van der Waals surface area (Å²) in [5.41, 5.74) is 3.91. The molecule has 0 aliphatic rings. The summed E-state index contributed by atoms with van der Waals surface area (Å²) in [6.45, 7) is 1.94. The maximum atomic E-state index is 12.7. The first-order valence-corrected chi connectivity index (χ1v) is 8.58. The zero-order chi connectivity index (χ0) is 18.6. The summed E-state index contributed by atoms with van der Waals surface area (Å²) < 4.78 is 1.79. The molecule has 0 spiro atoms. The summed E-state index contributed by atoms with van der Waals surface area (Å²) in [6.07, 6.45) is 6.99. The third-order valence-corrected chi connectivity index (χ3v) is 4.30. The minimum Gasteiger partial charge on any atom is -0.344 e. The molecular weight excluding hydrogens is 340 g/mol. The Labute approximate surface area is 156 Å². The van der Waals surface area contributed by atoms with Crippen LogP contribution < -0.4 is 5.32 Å². The number of nitrogens with zero attached hydrogens (tertiary/aromatic N) is 4. The Balaban J connectivity index is 1.53. The van der Waals surface area contributed by atoms with Gasteiger partial charge in [-0.05, 0) is 42.8 Å². The van der Waals surface area contributed by atoms with Gasteiger partial charge in [-0.3, -0.25) is 14.9 Å². The summed E-state index contributed by atoms with van der Waals surface area (Å²) in [5.74, 6) is -0.217. The van der Waals surface area contributed by atoms with E-state index in [1.54, 1.807) is 29.3 Å². The van der Waals surface area contributed by atoms with Crippen LogP contribution in [0.4, 0.5) is 0 Å². The Morgan fingerprint density at radius 2 is 1.93 bits per heavy atom. The molecule has 0 bridgehead atoms. The summed E-state index contributed by atoms with van der Waals surface area (Å²) >= 11 is 0. The fourth-order valence-electron chi connectivity index (χ4n) is 2.93. The van der Waals surface area contributed by atoms with Crippen molar-refractivity contribution in [2.24, 2.45) is 0 Å². The van der Waals surface area contributed by atoms with Crippen LogP contribution in [0.1, 0.15) is 29.0 Å². The lowest BCUT2D eigenvalue weighted by Crippen LogP contribution is -2.27. The van der Waals surface area contributed by atoms with E-state index in [1.165, 1.54) is 0 Å². The minimum absolute atomic E-state index is 0.203. The topological polar surface area (TPSA) is 88.5 Å². The van der Waals surface area contributed by atoms with E-state index in [4.69, 9.17) is 0 Å². The molecule has 4 rings (SSSR count). The molecular formula is C20H18N6O. The average molecular weight is 358 g/mol. The zero-order valence-corrected chi connectivity index (χ0v) is 14.7. The molecule has 4 aromatic rings. The fourth-order valence-corrected chi connectivity index (χ4v) is 2.93. The van der Waals surface area contributed by atoms with E-state index in [0.717, 1.165) is 16.8 Å².